The maximum absolute atomic E-state index is 12.4. The molecule has 0 radical (unpaired) electrons. The smallest absolute Gasteiger partial charge is 0.317 e. The molecule has 2 amide bonds. The van der Waals surface area contributed by atoms with Crippen molar-refractivity contribution in [2.75, 3.05) is 19.9 Å². The van der Waals surface area contributed by atoms with Crippen LogP contribution < -0.4 is 20.1 Å². The largest absolute Gasteiger partial charge is 0.454 e. The van der Waals surface area contributed by atoms with Gasteiger partial charge in [0.15, 0.2) is 11.5 Å². The minimum Gasteiger partial charge on any atom is -0.454 e. The average molecular weight is 319 g/mol. The highest BCUT2D eigenvalue weighted by Gasteiger charge is 2.23. The standard InChI is InChI=1S/C17H25N3O3/c1-12(2)19-14-4-3-7-20(10-14)17(21)18-9-13-5-6-15-16(8-13)23-11-22-15/h5-6,8,12,14,19H,3-4,7,9-11H2,1-2H3,(H,18,21)/t14-/m0/s1. The number of hydrogen-bond donors (Lipinski definition) is 2. The number of amides is 2. The fraction of sp³-hybridized carbons (Fsp3) is 0.588. The first kappa shape index (κ1) is 15.9. The van der Waals surface area contributed by atoms with Crippen LogP contribution in [0, 0.1) is 0 Å². The highest BCUT2D eigenvalue weighted by molar-refractivity contribution is 5.74. The van der Waals surface area contributed by atoms with Crippen LogP contribution in [0.2, 0.25) is 0 Å². The maximum Gasteiger partial charge on any atom is 0.317 e. The van der Waals surface area contributed by atoms with Gasteiger partial charge in [0.2, 0.25) is 6.79 Å². The second kappa shape index (κ2) is 7.08. The van der Waals surface area contributed by atoms with Crippen LogP contribution >= 0.6 is 0 Å². The fourth-order valence-corrected chi connectivity index (χ4v) is 3.11. The topological polar surface area (TPSA) is 62.8 Å². The third-order valence-electron chi connectivity index (χ3n) is 4.16. The zero-order valence-corrected chi connectivity index (χ0v) is 13.8. The summed E-state index contributed by atoms with van der Waals surface area (Å²) in [6.45, 7) is 6.63. The minimum atomic E-state index is -0.00192. The lowest BCUT2D eigenvalue weighted by Gasteiger charge is -2.34. The Hall–Kier alpha value is -1.95. The predicted octanol–water partition coefficient (Wildman–Crippen LogP) is 2.09. The summed E-state index contributed by atoms with van der Waals surface area (Å²) in [7, 11) is 0. The van der Waals surface area contributed by atoms with Crippen molar-refractivity contribution in [3.63, 3.8) is 0 Å². The number of fused-ring (bicyclic) bond motifs is 1. The molecule has 23 heavy (non-hydrogen) atoms. The number of hydrogen-bond acceptors (Lipinski definition) is 4. The van der Waals surface area contributed by atoms with Crippen LogP contribution in [-0.2, 0) is 6.54 Å². The Morgan fingerprint density at radius 2 is 2.17 bits per heavy atom. The molecule has 0 bridgehead atoms. The van der Waals surface area contributed by atoms with E-state index in [9.17, 15) is 4.79 Å². The Bertz CT molecular complexity index is 562. The summed E-state index contributed by atoms with van der Waals surface area (Å²) >= 11 is 0. The molecular formula is C17H25N3O3. The van der Waals surface area contributed by atoms with Gasteiger partial charge in [-0.15, -0.1) is 0 Å². The van der Waals surface area contributed by atoms with Gasteiger partial charge in [0.05, 0.1) is 0 Å². The first-order valence-electron chi connectivity index (χ1n) is 8.29. The van der Waals surface area contributed by atoms with Crippen LogP contribution in [0.3, 0.4) is 0 Å². The van der Waals surface area contributed by atoms with Crippen LogP contribution in [0.25, 0.3) is 0 Å². The molecule has 2 heterocycles. The van der Waals surface area contributed by atoms with Crippen molar-refractivity contribution in [3.05, 3.63) is 23.8 Å². The summed E-state index contributed by atoms with van der Waals surface area (Å²) in [4.78, 5) is 14.3. The summed E-state index contributed by atoms with van der Waals surface area (Å²) in [6.07, 6.45) is 2.17. The Kier molecular flexibility index (Phi) is 4.91. The summed E-state index contributed by atoms with van der Waals surface area (Å²) < 4.78 is 10.7. The van der Waals surface area contributed by atoms with Gasteiger partial charge in [-0.2, -0.15) is 0 Å². The van der Waals surface area contributed by atoms with Crippen molar-refractivity contribution < 1.29 is 14.3 Å². The van der Waals surface area contributed by atoms with Gasteiger partial charge >= 0.3 is 6.03 Å². The molecule has 2 N–H and O–H groups in total. The number of carbonyl (C=O) groups is 1. The van der Waals surface area contributed by atoms with E-state index in [0.29, 0.717) is 18.6 Å². The van der Waals surface area contributed by atoms with Crippen LogP contribution in [-0.4, -0.2) is 42.9 Å². The predicted molar refractivity (Wildman–Crippen MR) is 87.7 cm³/mol. The van der Waals surface area contributed by atoms with E-state index in [4.69, 9.17) is 9.47 Å². The molecule has 1 fully saturated rings. The summed E-state index contributed by atoms with van der Waals surface area (Å²) in [5.41, 5.74) is 1.01. The fourth-order valence-electron chi connectivity index (χ4n) is 3.11. The van der Waals surface area contributed by atoms with Gasteiger partial charge in [-0.1, -0.05) is 19.9 Å². The number of likely N-dealkylation sites (tertiary alicyclic amines) is 1. The Morgan fingerprint density at radius 3 is 3.00 bits per heavy atom. The number of ether oxygens (including phenoxy) is 2. The van der Waals surface area contributed by atoms with E-state index in [2.05, 4.69) is 24.5 Å². The molecular weight excluding hydrogens is 294 g/mol. The summed E-state index contributed by atoms with van der Waals surface area (Å²) in [5, 5.41) is 6.51. The lowest BCUT2D eigenvalue weighted by atomic mass is 10.1. The molecule has 1 atom stereocenters. The van der Waals surface area contributed by atoms with E-state index in [1.807, 2.05) is 23.1 Å². The first-order valence-corrected chi connectivity index (χ1v) is 8.29. The molecule has 0 unspecified atom stereocenters. The van der Waals surface area contributed by atoms with Crippen LogP contribution in [0.1, 0.15) is 32.3 Å². The van der Waals surface area contributed by atoms with Gasteiger partial charge in [-0.25, -0.2) is 4.79 Å². The van der Waals surface area contributed by atoms with Crippen molar-refractivity contribution in [2.24, 2.45) is 0 Å². The molecule has 0 spiro atoms. The normalized spacial score (nSPS) is 20.0. The molecule has 0 aromatic heterocycles. The molecule has 1 aromatic rings. The number of urea groups is 1. The zero-order chi connectivity index (χ0) is 16.2. The Balaban J connectivity index is 1.51. The number of rotatable bonds is 4. The van der Waals surface area contributed by atoms with E-state index >= 15 is 0 Å². The van der Waals surface area contributed by atoms with Gasteiger partial charge < -0.3 is 25.0 Å². The number of piperidine rings is 1. The molecule has 6 nitrogen and oxygen atoms in total. The van der Waals surface area contributed by atoms with Crippen molar-refractivity contribution in [1.82, 2.24) is 15.5 Å². The monoisotopic (exact) mass is 319 g/mol. The number of benzene rings is 1. The number of nitrogens with one attached hydrogen (secondary N) is 2. The van der Waals surface area contributed by atoms with E-state index in [1.165, 1.54) is 0 Å². The first-order chi connectivity index (χ1) is 11.1. The van der Waals surface area contributed by atoms with Crippen LogP contribution in [0.5, 0.6) is 11.5 Å². The van der Waals surface area contributed by atoms with E-state index in [1.54, 1.807) is 0 Å². The summed E-state index contributed by atoms with van der Waals surface area (Å²) in [6, 6.07) is 6.58. The third-order valence-corrected chi connectivity index (χ3v) is 4.16. The highest BCUT2D eigenvalue weighted by Crippen LogP contribution is 2.32. The van der Waals surface area contributed by atoms with Gasteiger partial charge in [0.25, 0.3) is 0 Å². The van der Waals surface area contributed by atoms with Gasteiger partial charge in [-0.3, -0.25) is 0 Å². The van der Waals surface area contributed by atoms with Crippen molar-refractivity contribution in [1.29, 1.82) is 0 Å². The van der Waals surface area contributed by atoms with E-state index in [-0.39, 0.29) is 12.8 Å². The Labute approximate surface area is 137 Å². The van der Waals surface area contributed by atoms with Crippen molar-refractivity contribution >= 4 is 6.03 Å². The Morgan fingerprint density at radius 1 is 1.35 bits per heavy atom. The van der Waals surface area contributed by atoms with Gasteiger partial charge in [0.1, 0.15) is 0 Å². The molecule has 6 heteroatoms. The quantitative estimate of drug-likeness (QED) is 0.892. The summed E-state index contributed by atoms with van der Waals surface area (Å²) in [5.74, 6) is 1.51. The molecule has 1 aromatic carbocycles. The van der Waals surface area contributed by atoms with Gasteiger partial charge in [0, 0.05) is 31.7 Å². The number of nitrogens with zero attached hydrogens (tertiary/aromatic N) is 1. The van der Waals surface area contributed by atoms with Crippen molar-refractivity contribution in [2.45, 2.75) is 45.3 Å². The maximum atomic E-state index is 12.4. The van der Waals surface area contributed by atoms with Crippen LogP contribution in [0.15, 0.2) is 18.2 Å². The zero-order valence-electron chi connectivity index (χ0n) is 13.8. The van der Waals surface area contributed by atoms with E-state index < -0.39 is 0 Å². The van der Waals surface area contributed by atoms with Gasteiger partial charge in [-0.05, 0) is 30.5 Å². The third kappa shape index (κ3) is 4.07. The highest BCUT2D eigenvalue weighted by atomic mass is 16.7. The second-order valence-electron chi connectivity index (χ2n) is 6.45. The lowest BCUT2D eigenvalue weighted by molar-refractivity contribution is 0.170. The molecule has 0 saturated carbocycles. The SMILES string of the molecule is CC(C)N[C@H]1CCCN(C(=O)NCc2ccc3c(c2)OCO3)C1. The lowest BCUT2D eigenvalue weighted by Crippen LogP contribution is -2.52. The average Bonchev–Trinajstić information content (AvgIpc) is 3.00. The minimum absolute atomic E-state index is 0.00192. The molecule has 0 aliphatic carbocycles. The van der Waals surface area contributed by atoms with E-state index in [0.717, 1.165) is 43.0 Å². The molecule has 2 aliphatic rings. The van der Waals surface area contributed by atoms with Crippen LogP contribution in [0.4, 0.5) is 4.79 Å². The second-order valence-corrected chi connectivity index (χ2v) is 6.45. The van der Waals surface area contributed by atoms with Crippen molar-refractivity contribution in [3.8, 4) is 11.5 Å². The molecule has 126 valence electrons. The number of carbonyl (C=O) groups excluding carboxylic acids is 1. The molecule has 2 aliphatic heterocycles. The molecule has 3 rings (SSSR count). The molecule has 1 saturated heterocycles.